The third-order valence-corrected chi connectivity index (χ3v) is 7.42. The maximum absolute atomic E-state index is 12.8. The third-order valence-electron chi connectivity index (χ3n) is 7.42. The van der Waals surface area contributed by atoms with Crippen LogP contribution in [0.25, 0.3) is 0 Å². The molecule has 1 amide bonds. The molecule has 0 spiro atoms. The molecule has 5 heteroatoms. The van der Waals surface area contributed by atoms with E-state index in [1.165, 1.54) is 32.1 Å². The topological polar surface area (TPSA) is 50.8 Å². The Morgan fingerprint density at radius 3 is 2.48 bits per heavy atom. The smallest absolute Gasteiger partial charge is 0.224 e. The predicted octanol–water partition coefficient (Wildman–Crippen LogP) is 4.97. The highest BCUT2D eigenvalue weighted by Gasteiger charge is 2.41. The summed E-state index contributed by atoms with van der Waals surface area (Å²) < 4.78 is 11.3. The third kappa shape index (κ3) is 6.69. The molecule has 1 aromatic rings. The summed E-state index contributed by atoms with van der Waals surface area (Å²) >= 11 is 0. The SMILES string of the molecule is CC1CC2CC(C1)CC(C)(CC(=O)Nc1ccc(OCCCN3CCOCC3)cc1)C2. The molecule has 2 saturated carbocycles. The van der Waals surface area contributed by atoms with Gasteiger partial charge in [0.1, 0.15) is 5.75 Å². The summed E-state index contributed by atoms with van der Waals surface area (Å²) in [5, 5.41) is 3.11. The van der Waals surface area contributed by atoms with Gasteiger partial charge in [0.2, 0.25) is 5.91 Å². The van der Waals surface area contributed by atoms with Crippen molar-refractivity contribution in [1.29, 1.82) is 0 Å². The molecule has 172 valence electrons. The van der Waals surface area contributed by atoms with E-state index >= 15 is 0 Å². The van der Waals surface area contributed by atoms with Crippen LogP contribution in [0.2, 0.25) is 0 Å². The van der Waals surface area contributed by atoms with Crippen LogP contribution in [0.5, 0.6) is 5.75 Å². The number of carbonyl (C=O) groups is 1. The van der Waals surface area contributed by atoms with E-state index in [2.05, 4.69) is 24.1 Å². The molecular weight excluding hydrogens is 388 g/mol. The molecule has 31 heavy (non-hydrogen) atoms. The molecule has 3 fully saturated rings. The maximum atomic E-state index is 12.8. The minimum absolute atomic E-state index is 0.148. The minimum Gasteiger partial charge on any atom is -0.494 e. The van der Waals surface area contributed by atoms with Gasteiger partial charge in [-0.15, -0.1) is 0 Å². The van der Waals surface area contributed by atoms with Crippen molar-refractivity contribution in [3.8, 4) is 5.75 Å². The highest BCUT2D eigenvalue weighted by Crippen LogP contribution is 2.51. The quantitative estimate of drug-likeness (QED) is 0.594. The molecule has 5 nitrogen and oxygen atoms in total. The lowest BCUT2D eigenvalue weighted by molar-refractivity contribution is -0.119. The summed E-state index contributed by atoms with van der Waals surface area (Å²) in [5.41, 5.74) is 1.01. The zero-order valence-corrected chi connectivity index (χ0v) is 19.4. The van der Waals surface area contributed by atoms with Crippen LogP contribution in [0, 0.1) is 23.2 Å². The van der Waals surface area contributed by atoms with Crippen molar-refractivity contribution in [3.05, 3.63) is 24.3 Å². The molecule has 3 aliphatic rings. The van der Waals surface area contributed by atoms with Crippen molar-refractivity contribution >= 4 is 11.6 Å². The van der Waals surface area contributed by atoms with Gasteiger partial charge < -0.3 is 14.8 Å². The molecule has 0 radical (unpaired) electrons. The van der Waals surface area contributed by atoms with Gasteiger partial charge >= 0.3 is 0 Å². The first-order valence-corrected chi connectivity index (χ1v) is 12.3. The molecule has 0 aromatic heterocycles. The van der Waals surface area contributed by atoms with E-state index in [0.717, 1.165) is 68.5 Å². The summed E-state index contributed by atoms with van der Waals surface area (Å²) in [5.74, 6) is 3.51. The number of anilines is 1. The van der Waals surface area contributed by atoms with Crippen molar-refractivity contribution < 1.29 is 14.3 Å². The van der Waals surface area contributed by atoms with Crippen LogP contribution in [0.15, 0.2) is 24.3 Å². The fourth-order valence-electron chi connectivity index (χ4n) is 6.38. The lowest BCUT2D eigenvalue weighted by Crippen LogP contribution is -2.38. The molecule has 2 atom stereocenters. The zero-order valence-electron chi connectivity index (χ0n) is 19.4. The van der Waals surface area contributed by atoms with Crippen LogP contribution in [-0.4, -0.2) is 50.3 Å². The Kier molecular flexibility index (Phi) is 7.55. The highest BCUT2D eigenvalue weighted by atomic mass is 16.5. The number of benzene rings is 1. The second-order valence-corrected chi connectivity index (χ2v) is 10.7. The van der Waals surface area contributed by atoms with Crippen LogP contribution < -0.4 is 10.1 Å². The lowest BCUT2D eigenvalue weighted by atomic mass is 9.58. The Morgan fingerprint density at radius 1 is 1.13 bits per heavy atom. The average Bonchev–Trinajstić information content (AvgIpc) is 2.71. The number of morpholine rings is 1. The van der Waals surface area contributed by atoms with Crippen molar-refractivity contribution in [2.45, 2.75) is 58.8 Å². The molecule has 2 aliphatic carbocycles. The van der Waals surface area contributed by atoms with Gasteiger partial charge in [-0.3, -0.25) is 9.69 Å². The highest BCUT2D eigenvalue weighted by molar-refractivity contribution is 5.91. The van der Waals surface area contributed by atoms with Crippen molar-refractivity contribution in [2.24, 2.45) is 23.2 Å². The fourth-order valence-corrected chi connectivity index (χ4v) is 6.38. The van der Waals surface area contributed by atoms with Gasteiger partial charge in [-0.25, -0.2) is 0 Å². The fraction of sp³-hybridized carbons (Fsp3) is 0.731. The minimum atomic E-state index is 0.148. The molecule has 1 N–H and O–H groups in total. The van der Waals surface area contributed by atoms with Crippen LogP contribution in [0.3, 0.4) is 0 Å². The van der Waals surface area contributed by atoms with Gasteiger partial charge in [-0.1, -0.05) is 13.8 Å². The number of ether oxygens (including phenoxy) is 2. The molecule has 1 saturated heterocycles. The van der Waals surface area contributed by atoms with Gasteiger partial charge in [0.15, 0.2) is 0 Å². The van der Waals surface area contributed by atoms with E-state index in [0.29, 0.717) is 13.0 Å². The van der Waals surface area contributed by atoms with E-state index in [9.17, 15) is 4.79 Å². The Balaban J connectivity index is 1.18. The van der Waals surface area contributed by atoms with Crippen molar-refractivity contribution in [1.82, 2.24) is 4.90 Å². The standard InChI is InChI=1S/C26H40N2O3/c1-20-14-21-16-22(15-20)18-26(2,17-21)19-25(29)27-23-4-6-24(7-5-23)31-11-3-8-28-9-12-30-13-10-28/h4-7,20-22H,3,8-19H2,1-2H3,(H,27,29). The summed E-state index contributed by atoms with van der Waals surface area (Å²) in [6.07, 6.45) is 8.14. The van der Waals surface area contributed by atoms with Gasteiger partial charge in [0.25, 0.3) is 0 Å². The van der Waals surface area contributed by atoms with E-state index in [1.807, 2.05) is 24.3 Å². The van der Waals surface area contributed by atoms with Gasteiger partial charge in [-0.05, 0) is 86.0 Å². The molecule has 1 heterocycles. The summed E-state index contributed by atoms with van der Waals surface area (Å²) in [6.45, 7) is 10.2. The number of nitrogens with zero attached hydrogens (tertiary/aromatic N) is 1. The van der Waals surface area contributed by atoms with E-state index in [-0.39, 0.29) is 11.3 Å². The lowest BCUT2D eigenvalue weighted by Gasteiger charge is -2.47. The Bertz CT molecular complexity index is 696. The van der Waals surface area contributed by atoms with Crippen LogP contribution in [0.4, 0.5) is 5.69 Å². The molecule has 4 rings (SSSR count). The normalized spacial score (nSPS) is 31.2. The van der Waals surface area contributed by atoms with Crippen LogP contribution in [0.1, 0.15) is 58.8 Å². The number of hydrogen-bond acceptors (Lipinski definition) is 4. The van der Waals surface area contributed by atoms with Crippen molar-refractivity contribution in [2.75, 3.05) is 44.8 Å². The summed E-state index contributed by atoms with van der Waals surface area (Å²) in [6, 6.07) is 7.82. The van der Waals surface area contributed by atoms with E-state index in [1.54, 1.807) is 0 Å². The molecule has 1 aromatic carbocycles. The number of fused-ring (bicyclic) bond motifs is 2. The number of nitrogens with one attached hydrogen (secondary N) is 1. The first-order chi connectivity index (χ1) is 15.0. The zero-order chi connectivity index (χ0) is 21.7. The second kappa shape index (κ2) is 10.4. The molecule has 1 aliphatic heterocycles. The van der Waals surface area contributed by atoms with Gasteiger partial charge in [0, 0.05) is 31.7 Å². The van der Waals surface area contributed by atoms with E-state index in [4.69, 9.17) is 9.47 Å². The predicted molar refractivity (Wildman–Crippen MR) is 124 cm³/mol. The Morgan fingerprint density at radius 2 is 1.81 bits per heavy atom. The van der Waals surface area contributed by atoms with E-state index < -0.39 is 0 Å². The maximum Gasteiger partial charge on any atom is 0.224 e. The van der Waals surface area contributed by atoms with Crippen molar-refractivity contribution in [3.63, 3.8) is 0 Å². The summed E-state index contributed by atoms with van der Waals surface area (Å²) in [7, 11) is 0. The molecule has 2 bridgehead atoms. The van der Waals surface area contributed by atoms with Crippen LogP contribution >= 0.6 is 0 Å². The number of carbonyl (C=O) groups excluding carboxylic acids is 1. The number of hydrogen-bond donors (Lipinski definition) is 1. The molecule has 2 unspecified atom stereocenters. The van der Waals surface area contributed by atoms with Gasteiger partial charge in [-0.2, -0.15) is 0 Å². The average molecular weight is 429 g/mol. The van der Waals surface area contributed by atoms with Crippen LogP contribution in [-0.2, 0) is 9.53 Å². The Labute approximate surface area is 187 Å². The monoisotopic (exact) mass is 428 g/mol. The first-order valence-electron chi connectivity index (χ1n) is 12.3. The summed E-state index contributed by atoms with van der Waals surface area (Å²) in [4.78, 5) is 15.2. The Hall–Kier alpha value is -1.59. The first kappa shape index (κ1) is 22.6. The number of amides is 1. The molecular formula is C26H40N2O3. The second-order valence-electron chi connectivity index (χ2n) is 10.7. The van der Waals surface area contributed by atoms with Gasteiger partial charge in [0.05, 0.1) is 19.8 Å². The largest absolute Gasteiger partial charge is 0.494 e. The number of rotatable bonds is 8.